The van der Waals surface area contributed by atoms with Gasteiger partial charge in [0.25, 0.3) is 0 Å². The molecule has 0 aliphatic heterocycles. The molecule has 8 rings (SSSR count). The molecule has 0 saturated heterocycles. The van der Waals surface area contributed by atoms with E-state index in [1.807, 2.05) is 0 Å². The molecule has 0 heterocycles. The molecule has 0 aliphatic rings. The van der Waals surface area contributed by atoms with Crippen LogP contribution in [0.5, 0.6) is 0 Å². The monoisotopic (exact) mass is 678 g/mol. The summed E-state index contributed by atoms with van der Waals surface area (Å²) in [6.45, 7) is 0. The highest BCUT2D eigenvalue weighted by molar-refractivity contribution is 7.95. The molecule has 0 spiro atoms. The molecular formula is C48H40P2+2. The molecule has 8 aromatic rings. The van der Waals surface area contributed by atoms with Gasteiger partial charge < -0.3 is 0 Å². The summed E-state index contributed by atoms with van der Waals surface area (Å²) >= 11 is 0. The van der Waals surface area contributed by atoms with E-state index in [-0.39, 0.29) is 0 Å². The van der Waals surface area contributed by atoms with Gasteiger partial charge in [-0.3, -0.25) is 0 Å². The maximum atomic E-state index is 2.38. The van der Waals surface area contributed by atoms with Gasteiger partial charge in [0, 0.05) is 0 Å². The van der Waals surface area contributed by atoms with Crippen LogP contribution in [0.1, 0.15) is 11.1 Å². The van der Waals surface area contributed by atoms with Crippen LogP contribution in [0.3, 0.4) is 0 Å². The Balaban J connectivity index is 1.34. The minimum atomic E-state index is -2.07. The van der Waals surface area contributed by atoms with Gasteiger partial charge in [-0.1, -0.05) is 146 Å². The normalized spacial score (nSPS) is 11.8. The summed E-state index contributed by atoms with van der Waals surface area (Å²) in [5, 5.41) is 11.2. The SMILES string of the molecule is c1ccc([P+](Cc2cccc3c(C[P+](c4ccccc4)(c4ccccc4)c4ccccc4)cccc23)(c2ccccc2)c2ccccc2)cc1. The second-order valence-electron chi connectivity index (χ2n) is 12.9. The van der Waals surface area contributed by atoms with Crippen molar-refractivity contribution >= 4 is 57.1 Å². The van der Waals surface area contributed by atoms with Crippen LogP contribution in [-0.4, -0.2) is 0 Å². The molecule has 0 fully saturated rings. The maximum Gasteiger partial charge on any atom is 0.116 e. The number of hydrogen-bond acceptors (Lipinski definition) is 0. The van der Waals surface area contributed by atoms with E-state index < -0.39 is 14.5 Å². The van der Waals surface area contributed by atoms with Gasteiger partial charge in [0.1, 0.15) is 46.4 Å². The maximum absolute atomic E-state index is 2.38. The van der Waals surface area contributed by atoms with Crippen molar-refractivity contribution in [3.63, 3.8) is 0 Å². The minimum Gasteiger partial charge on any atom is -0.0620 e. The van der Waals surface area contributed by atoms with Crippen molar-refractivity contribution in [2.24, 2.45) is 0 Å². The van der Waals surface area contributed by atoms with Crippen LogP contribution in [0, 0.1) is 0 Å². The smallest absolute Gasteiger partial charge is 0.0620 e. The Morgan fingerprint density at radius 2 is 0.440 bits per heavy atom. The summed E-state index contributed by atoms with van der Waals surface area (Å²) in [4.78, 5) is 0. The van der Waals surface area contributed by atoms with E-state index in [4.69, 9.17) is 0 Å². The first-order chi connectivity index (χ1) is 24.8. The second-order valence-corrected chi connectivity index (χ2v) is 19.8. The molecule has 2 heteroatoms. The average molecular weight is 679 g/mol. The van der Waals surface area contributed by atoms with Crippen molar-refractivity contribution in [1.29, 1.82) is 0 Å². The molecule has 0 unspecified atom stereocenters. The van der Waals surface area contributed by atoms with Gasteiger partial charge in [-0.25, -0.2) is 0 Å². The Morgan fingerprint density at radius 3 is 0.660 bits per heavy atom. The van der Waals surface area contributed by atoms with Crippen molar-refractivity contribution in [2.45, 2.75) is 12.3 Å². The summed E-state index contributed by atoms with van der Waals surface area (Å²) in [6.07, 6.45) is 1.89. The third kappa shape index (κ3) is 5.90. The Morgan fingerprint density at radius 1 is 0.220 bits per heavy atom. The molecule has 0 atom stereocenters. The molecule has 0 amide bonds. The van der Waals surface area contributed by atoms with E-state index in [1.165, 1.54) is 53.7 Å². The quantitative estimate of drug-likeness (QED) is 0.126. The lowest BCUT2D eigenvalue weighted by atomic mass is 10.0. The lowest BCUT2D eigenvalue weighted by Crippen LogP contribution is -2.32. The van der Waals surface area contributed by atoms with Gasteiger partial charge in [0.05, 0.1) is 12.3 Å². The van der Waals surface area contributed by atoms with Crippen molar-refractivity contribution in [3.05, 3.63) is 230 Å². The van der Waals surface area contributed by atoms with E-state index in [0.717, 1.165) is 12.3 Å². The zero-order valence-electron chi connectivity index (χ0n) is 28.1. The second kappa shape index (κ2) is 14.4. The van der Waals surface area contributed by atoms with Crippen LogP contribution < -0.4 is 31.8 Å². The van der Waals surface area contributed by atoms with Crippen molar-refractivity contribution in [1.82, 2.24) is 0 Å². The van der Waals surface area contributed by atoms with Crippen LogP contribution in [0.15, 0.2) is 218 Å². The number of hydrogen-bond donors (Lipinski definition) is 0. The molecule has 0 N–H and O–H groups in total. The Kier molecular flexibility index (Phi) is 9.24. The molecule has 0 aliphatic carbocycles. The topological polar surface area (TPSA) is 0 Å². The van der Waals surface area contributed by atoms with E-state index in [1.54, 1.807) is 0 Å². The highest BCUT2D eigenvalue weighted by Crippen LogP contribution is 2.60. The van der Waals surface area contributed by atoms with Crippen LogP contribution in [-0.2, 0) is 12.3 Å². The lowest BCUT2D eigenvalue weighted by Gasteiger charge is -2.29. The summed E-state index contributed by atoms with van der Waals surface area (Å²) in [6, 6.07) is 81.6. The predicted octanol–water partition coefficient (Wildman–Crippen LogP) is 9.83. The van der Waals surface area contributed by atoms with E-state index in [2.05, 4.69) is 218 Å². The Labute approximate surface area is 297 Å². The molecule has 240 valence electrons. The summed E-state index contributed by atoms with van der Waals surface area (Å²) < 4.78 is 0. The first kappa shape index (κ1) is 32.1. The highest BCUT2D eigenvalue weighted by Gasteiger charge is 2.47. The third-order valence-corrected chi connectivity index (χ3v) is 18.8. The van der Waals surface area contributed by atoms with Crippen LogP contribution in [0.4, 0.5) is 0 Å². The fraction of sp³-hybridized carbons (Fsp3) is 0.0417. The standard InChI is InChI=1S/C48H40P2/c1-7-23-41(24-8-1)49(42-25-9-2-10-26-42,43-27-11-3-12-28-43)37-39-21-19-36-48-40(22-20-35-47(39)48)38-50(44-29-13-4-14-30-44,45-31-15-5-16-32-45)46-33-17-6-18-34-46/h1-36H,37-38H2/q+2. The van der Waals surface area contributed by atoms with Gasteiger partial charge in [-0.05, 0) is 94.7 Å². The zero-order chi connectivity index (χ0) is 33.6. The molecule has 8 aromatic carbocycles. The molecule has 0 nitrogen and oxygen atoms in total. The van der Waals surface area contributed by atoms with Crippen molar-refractivity contribution < 1.29 is 0 Å². The highest BCUT2D eigenvalue weighted by atomic mass is 31.2. The lowest BCUT2D eigenvalue weighted by molar-refractivity contribution is 1.39. The third-order valence-electron chi connectivity index (χ3n) is 10.1. The number of rotatable bonds is 10. The number of fused-ring (bicyclic) bond motifs is 1. The van der Waals surface area contributed by atoms with Crippen LogP contribution >= 0.6 is 14.5 Å². The average Bonchev–Trinajstić information content (AvgIpc) is 3.21. The predicted molar refractivity (Wildman–Crippen MR) is 222 cm³/mol. The molecule has 0 aromatic heterocycles. The van der Waals surface area contributed by atoms with Gasteiger partial charge in [-0.15, -0.1) is 0 Å². The molecule has 0 bridgehead atoms. The fourth-order valence-electron chi connectivity index (χ4n) is 7.76. The van der Waals surface area contributed by atoms with Gasteiger partial charge in [0.15, 0.2) is 0 Å². The largest absolute Gasteiger partial charge is 0.116 e. The van der Waals surface area contributed by atoms with Crippen molar-refractivity contribution in [3.8, 4) is 0 Å². The zero-order valence-corrected chi connectivity index (χ0v) is 29.9. The van der Waals surface area contributed by atoms with E-state index in [9.17, 15) is 0 Å². The molecule has 0 saturated carbocycles. The minimum absolute atomic E-state index is 0.947. The summed E-state index contributed by atoms with van der Waals surface area (Å²) in [7, 11) is -4.14. The number of benzene rings is 8. The Bertz CT molecular complexity index is 1930. The first-order valence-corrected chi connectivity index (χ1v) is 21.3. The summed E-state index contributed by atoms with van der Waals surface area (Å²) in [5.41, 5.74) is 2.80. The van der Waals surface area contributed by atoms with Crippen LogP contribution in [0.2, 0.25) is 0 Å². The van der Waals surface area contributed by atoms with E-state index >= 15 is 0 Å². The van der Waals surface area contributed by atoms with Gasteiger partial charge in [-0.2, -0.15) is 0 Å². The Hall–Kier alpha value is -5.12. The fourth-order valence-corrected chi connectivity index (χ4v) is 16.3. The van der Waals surface area contributed by atoms with E-state index in [0.29, 0.717) is 0 Å². The van der Waals surface area contributed by atoms with Crippen molar-refractivity contribution in [2.75, 3.05) is 0 Å². The summed E-state index contributed by atoms with van der Waals surface area (Å²) in [5.74, 6) is 0. The molecule has 0 radical (unpaired) electrons. The van der Waals surface area contributed by atoms with Gasteiger partial charge >= 0.3 is 0 Å². The van der Waals surface area contributed by atoms with Crippen LogP contribution in [0.25, 0.3) is 10.8 Å². The van der Waals surface area contributed by atoms with Gasteiger partial charge in [0.2, 0.25) is 0 Å². The molecular weight excluding hydrogens is 638 g/mol. The first-order valence-electron chi connectivity index (χ1n) is 17.4. The molecule has 50 heavy (non-hydrogen) atoms.